The van der Waals surface area contributed by atoms with E-state index in [-0.39, 0.29) is 0 Å². The Morgan fingerprint density at radius 3 is 2.65 bits per heavy atom. The molecule has 0 aliphatic heterocycles. The molecule has 0 aliphatic carbocycles. The van der Waals surface area contributed by atoms with Gasteiger partial charge in [-0.15, -0.1) is 0 Å². The minimum absolute atomic E-state index is 0.409. The summed E-state index contributed by atoms with van der Waals surface area (Å²) in [5, 5.41) is 8.76. The van der Waals surface area contributed by atoms with Crippen molar-refractivity contribution in [1.29, 1.82) is 0 Å². The number of aliphatic imine (C=N–C) groups is 1. The average molecular weight is 425 g/mol. The van der Waals surface area contributed by atoms with Crippen molar-refractivity contribution in [2.45, 2.75) is 6.92 Å². The number of benzene rings is 2. The van der Waals surface area contributed by atoms with Crippen LogP contribution in [-0.2, 0) is 4.79 Å². The van der Waals surface area contributed by atoms with Gasteiger partial charge in [0, 0.05) is 6.21 Å². The number of carboxylic acids is 1. The number of ether oxygens (including phenoxy) is 2. The quantitative estimate of drug-likeness (QED) is 0.540. The zero-order valence-corrected chi connectivity index (χ0v) is 14.7. The Labute approximate surface area is 148 Å². The molecule has 1 N–H and O–H groups in total. The maximum Gasteiger partial charge on any atom is 0.341 e. The molecule has 5 nitrogen and oxygen atoms in total. The zero-order valence-electron chi connectivity index (χ0n) is 12.5. The summed E-state index contributed by atoms with van der Waals surface area (Å²) < 4.78 is 11.6. The molecule has 0 unspecified atom stereocenters. The summed E-state index contributed by atoms with van der Waals surface area (Å²) in [7, 11) is 0. The van der Waals surface area contributed by atoms with E-state index in [4.69, 9.17) is 14.6 Å². The molecule has 120 valence electrons. The topological polar surface area (TPSA) is 68.1 Å². The van der Waals surface area contributed by atoms with E-state index < -0.39 is 12.6 Å². The third kappa shape index (κ3) is 5.24. The number of para-hydroxylation sites is 1. The number of aliphatic carboxylic acids is 1. The third-order valence-corrected chi connectivity index (χ3v) is 3.59. The molecule has 0 amide bonds. The molecule has 0 atom stereocenters. The summed E-state index contributed by atoms with van der Waals surface area (Å²) in [4.78, 5) is 15.1. The highest BCUT2D eigenvalue weighted by atomic mass is 127. The molecule has 2 aromatic rings. The summed E-state index contributed by atoms with van der Waals surface area (Å²) in [6.07, 6.45) is 1.74. The van der Waals surface area contributed by atoms with Crippen LogP contribution < -0.4 is 9.47 Å². The van der Waals surface area contributed by atoms with Crippen molar-refractivity contribution in [1.82, 2.24) is 0 Å². The Balaban J connectivity index is 2.28. The SMILES string of the molecule is CCOc1cc(C=Nc2ccccc2)cc(I)c1OCC(=O)O. The molecular formula is C17H16INO4. The lowest BCUT2D eigenvalue weighted by atomic mass is 10.2. The number of hydrogen-bond acceptors (Lipinski definition) is 4. The van der Waals surface area contributed by atoms with Gasteiger partial charge in [0.15, 0.2) is 18.1 Å². The first-order chi connectivity index (χ1) is 11.1. The van der Waals surface area contributed by atoms with Gasteiger partial charge >= 0.3 is 5.97 Å². The average Bonchev–Trinajstić information content (AvgIpc) is 2.53. The molecule has 0 heterocycles. The summed E-state index contributed by atoms with van der Waals surface area (Å²) in [6.45, 7) is 1.91. The molecule has 0 fully saturated rings. The highest BCUT2D eigenvalue weighted by molar-refractivity contribution is 14.1. The molecule has 0 bridgehead atoms. The van der Waals surface area contributed by atoms with Crippen molar-refractivity contribution in [3.05, 3.63) is 51.6 Å². The molecule has 0 saturated carbocycles. The second kappa shape index (κ2) is 8.52. The van der Waals surface area contributed by atoms with Crippen LogP contribution in [0, 0.1) is 3.57 Å². The van der Waals surface area contributed by atoms with Crippen molar-refractivity contribution >= 4 is 40.5 Å². The van der Waals surface area contributed by atoms with Crippen molar-refractivity contribution in [3.8, 4) is 11.5 Å². The molecule has 2 aromatic carbocycles. The number of carboxylic acid groups (broad SMARTS) is 1. The minimum Gasteiger partial charge on any atom is -0.490 e. The van der Waals surface area contributed by atoms with Crippen LogP contribution in [0.15, 0.2) is 47.5 Å². The number of carbonyl (C=O) groups is 1. The van der Waals surface area contributed by atoms with Gasteiger partial charge in [0.05, 0.1) is 15.9 Å². The van der Waals surface area contributed by atoms with Crippen molar-refractivity contribution in [2.75, 3.05) is 13.2 Å². The maximum absolute atomic E-state index is 10.7. The minimum atomic E-state index is -1.03. The smallest absolute Gasteiger partial charge is 0.341 e. The van der Waals surface area contributed by atoms with Gasteiger partial charge in [0.25, 0.3) is 0 Å². The largest absolute Gasteiger partial charge is 0.490 e. The van der Waals surface area contributed by atoms with Crippen LogP contribution in [-0.4, -0.2) is 30.5 Å². The predicted octanol–water partition coefficient (Wildman–Crippen LogP) is 3.90. The number of hydrogen-bond donors (Lipinski definition) is 1. The van der Waals surface area contributed by atoms with Crippen LogP contribution in [0.3, 0.4) is 0 Å². The van der Waals surface area contributed by atoms with E-state index in [1.165, 1.54) is 0 Å². The summed E-state index contributed by atoms with van der Waals surface area (Å²) in [5.41, 5.74) is 1.70. The highest BCUT2D eigenvalue weighted by Gasteiger charge is 2.13. The van der Waals surface area contributed by atoms with Crippen LogP contribution in [0.5, 0.6) is 11.5 Å². The third-order valence-electron chi connectivity index (χ3n) is 2.79. The molecule has 0 aromatic heterocycles. The standard InChI is InChI=1S/C17H16INO4/c1-2-22-15-9-12(10-19-13-6-4-3-5-7-13)8-14(18)17(15)23-11-16(20)21/h3-10H,2,11H2,1H3,(H,20,21). The fourth-order valence-corrected chi connectivity index (χ4v) is 2.64. The number of rotatable bonds is 7. The lowest BCUT2D eigenvalue weighted by Gasteiger charge is -2.13. The van der Waals surface area contributed by atoms with Crippen LogP contribution in [0.2, 0.25) is 0 Å². The fourth-order valence-electron chi connectivity index (χ4n) is 1.86. The van der Waals surface area contributed by atoms with Crippen LogP contribution >= 0.6 is 22.6 Å². The summed E-state index contributed by atoms with van der Waals surface area (Å²) >= 11 is 2.09. The van der Waals surface area contributed by atoms with E-state index in [1.54, 1.807) is 12.3 Å². The van der Waals surface area contributed by atoms with E-state index in [0.29, 0.717) is 18.1 Å². The van der Waals surface area contributed by atoms with E-state index in [0.717, 1.165) is 14.8 Å². The first-order valence-electron chi connectivity index (χ1n) is 7.00. The molecular weight excluding hydrogens is 409 g/mol. The molecule has 0 spiro atoms. The van der Waals surface area contributed by atoms with E-state index in [9.17, 15) is 4.79 Å². The van der Waals surface area contributed by atoms with Gasteiger partial charge in [0.1, 0.15) is 0 Å². The van der Waals surface area contributed by atoms with Gasteiger partial charge in [-0.2, -0.15) is 0 Å². The Kier molecular flexibility index (Phi) is 6.40. The fraction of sp³-hybridized carbons (Fsp3) is 0.176. The molecule has 6 heteroatoms. The molecule has 23 heavy (non-hydrogen) atoms. The molecule has 0 aliphatic rings. The second-order valence-corrected chi connectivity index (χ2v) is 5.70. The monoisotopic (exact) mass is 425 g/mol. The molecule has 2 rings (SSSR count). The van der Waals surface area contributed by atoms with Gasteiger partial charge in [-0.3, -0.25) is 4.99 Å². The predicted molar refractivity (Wildman–Crippen MR) is 97.2 cm³/mol. The van der Waals surface area contributed by atoms with Crippen LogP contribution in [0.4, 0.5) is 5.69 Å². The van der Waals surface area contributed by atoms with Gasteiger partial charge in [-0.1, -0.05) is 18.2 Å². The Bertz CT molecular complexity index is 701. The lowest BCUT2D eigenvalue weighted by molar-refractivity contribution is -0.139. The maximum atomic E-state index is 10.7. The van der Waals surface area contributed by atoms with E-state index in [1.807, 2.05) is 43.3 Å². The van der Waals surface area contributed by atoms with Crippen molar-refractivity contribution in [2.24, 2.45) is 4.99 Å². The zero-order chi connectivity index (χ0) is 16.7. The normalized spacial score (nSPS) is 10.7. The first-order valence-corrected chi connectivity index (χ1v) is 8.08. The van der Waals surface area contributed by atoms with Gasteiger partial charge < -0.3 is 14.6 Å². The summed E-state index contributed by atoms with van der Waals surface area (Å²) in [6, 6.07) is 13.3. The Hall–Kier alpha value is -2.09. The van der Waals surface area contributed by atoms with E-state index in [2.05, 4.69) is 27.6 Å². The van der Waals surface area contributed by atoms with Crippen LogP contribution in [0.25, 0.3) is 0 Å². The lowest BCUT2D eigenvalue weighted by Crippen LogP contribution is -2.11. The Morgan fingerprint density at radius 2 is 2.00 bits per heavy atom. The molecule has 0 saturated heterocycles. The molecule has 0 radical (unpaired) electrons. The number of halogens is 1. The highest BCUT2D eigenvalue weighted by Crippen LogP contribution is 2.34. The van der Waals surface area contributed by atoms with Gasteiger partial charge in [-0.05, 0) is 59.3 Å². The van der Waals surface area contributed by atoms with E-state index >= 15 is 0 Å². The summed E-state index contributed by atoms with van der Waals surface area (Å²) in [5.74, 6) is -0.0835. The van der Waals surface area contributed by atoms with Gasteiger partial charge in [0.2, 0.25) is 0 Å². The second-order valence-electron chi connectivity index (χ2n) is 4.54. The van der Waals surface area contributed by atoms with Crippen molar-refractivity contribution < 1.29 is 19.4 Å². The Morgan fingerprint density at radius 1 is 1.26 bits per heavy atom. The van der Waals surface area contributed by atoms with Crippen LogP contribution in [0.1, 0.15) is 12.5 Å². The van der Waals surface area contributed by atoms with Gasteiger partial charge in [-0.25, -0.2) is 4.79 Å². The van der Waals surface area contributed by atoms with Crippen molar-refractivity contribution in [3.63, 3.8) is 0 Å². The number of nitrogens with zero attached hydrogens (tertiary/aromatic N) is 1. The first kappa shape index (κ1) is 17.3.